The number of benzene rings is 2. The normalized spacial score (nSPS) is 13.8. The van der Waals surface area contributed by atoms with Crippen LogP contribution in [0.5, 0.6) is 0 Å². The molecule has 0 radical (unpaired) electrons. The molecule has 2 unspecified atom stereocenters. The fourth-order valence-electron chi connectivity index (χ4n) is 2.85. The SMILES string of the molecule is Cc1ccc(S(=O)(=O)NCC(C)C(CC(C)c2ccccc2)=C(F)F)cc1. The lowest BCUT2D eigenvalue weighted by Gasteiger charge is -2.20. The third-order valence-electron chi connectivity index (χ3n) is 4.64. The van der Waals surface area contributed by atoms with Crippen molar-refractivity contribution in [3.63, 3.8) is 0 Å². The molecule has 0 bridgehead atoms. The fourth-order valence-corrected chi connectivity index (χ4v) is 3.98. The molecule has 1 N–H and O–H groups in total. The van der Waals surface area contributed by atoms with E-state index in [4.69, 9.17) is 0 Å². The van der Waals surface area contributed by atoms with E-state index in [9.17, 15) is 17.2 Å². The minimum Gasteiger partial charge on any atom is -0.211 e. The molecule has 0 fully saturated rings. The van der Waals surface area contributed by atoms with Crippen molar-refractivity contribution >= 4 is 10.0 Å². The van der Waals surface area contributed by atoms with Crippen molar-refractivity contribution in [1.29, 1.82) is 0 Å². The molecule has 0 saturated carbocycles. The van der Waals surface area contributed by atoms with Gasteiger partial charge in [-0.05, 0) is 48.4 Å². The van der Waals surface area contributed by atoms with Crippen LogP contribution in [0.3, 0.4) is 0 Å². The van der Waals surface area contributed by atoms with Gasteiger partial charge in [-0.15, -0.1) is 0 Å². The molecule has 2 rings (SSSR count). The smallest absolute Gasteiger partial charge is 0.211 e. The van der Waals surface area contributed by atoms with Crippen LogP contribution in [0.15, 0.2) is 71.1 Å². The molecule has 3 nitrogen and oxygen atoms in total. The number of sulfonamides is 1. The highest BCUT2D eigenvalue weighted by Gasteiger charge is 2.21. The zero-order valence-electron chi connectivity index (χ0n) is 15.7. The van der Waals surface area contributed by atoms with Gasteiger partial charge in [0.05, 0.1) is 4.90 Å². The van der Waals surface area contributed by atoms with Gasteiger partial charge < -0.3 is 0 Å². The van der Waals surface area contributed by atoms with Crippen LogP contribution >= 0.6 is 0 Å². The van der Waals surface area contributed by atoms with Gasteiger partial charge in [0, 0.05) is 6.54 Å². The van der Waals surface area contributed by atoms with Gasteiger partial charge in [-0.2, -0.15) is 8.78 Å². The Morgan fingerprint density at radius 1 is 1.00 bits per heavy atom. The largest absolute Gasteiger partial charge is 0.269 e. The second kappa shape index (κ2) is 9.24. The number of halogens is 2. The number of nitrogens with one attached hydrogen (secondary N) is 1. The summed E-state index contributed by atoms with van der Waals surface area (Å²) in [5, 5.41) is 0. The maximum atomic E-state index is 13.5. The van der Waals surface area contributed by atoms with Gasteiger partial charge in [0.15, 0.2) is 0 Å². The zero-order chi connectivity index (χ0) is 20.0. The van der Waals surface area contributed by atoms with Crippen molar-refractivity contribution in [1.82, 2.24) is 4.72 Å². The molecular formula is C21H25F2NO2S. The first-order valence-electron chi connectivity index (χ1n) is 8.86. The summed E-state index contributed by atoms with van der Waals surface area (Å²) in [6.07, 6.45) is -1.56. The van der Waals surface area contributed by atoms with E-state index in [1.165, 1.54) is 12.1 Å². The molecule has 146 valence electrons. The number of hydrogen-bond acceptors (Lipinski definition) is 2. The molecule has 2 aromatic rings. The molecule has 0 heterocycles. The lowest BCUT2D eigenvalue weighted by Crippen LogP contribution is -2.29. The molecule has 0 saturated heterocycles. The zero-order valence-corrected chi connectivity index (χ0v) is 16.6. The van der Waals surface area contributed by atoms with E-state index in [0.717, 1.165) is 11.1 Å². The maximum absolute atomic E-state index is 13.5. The molecule has 0 spiro atoms. The monoisotopic (exact) mass is 393 g/mol. The van der Waals surface area contributed by atoms with E-state index in [1.807, 2.05) is 44.2 Å². The lowest BCUT2D eigenvalue weighted by molar-refractivity contribution is 0.386. The quantitative estimate of drug-likeness (QED) is 0.665. The van der Waals surface area contributed by atoms with Crippen molar-refractivity contribution in [2.24, 2.45) is 5.92 Å². The summed E-state index contributed by atoms with van der Waals surface area (Å²) in [5.41, 5.74) is 1.91. The van der Waals surface area contributed by atoms with Gasteiger partial charge in [-0.25, -0.2) is 13.1 Å². The molecule has 0 aliphatic rings. The molecule has 0 aliphatic carbocycles. The Balaban J connectivity index is 2.06. The first-order chi connectivity index (χ1) is 12.7. The molecule has 27 heavy (non-hydrogen) atoms. The van der Waals surface area contributed by atoms with Crippen LogP contribution in [0, 0.1) is 12.8 Å². The van der Waals surface area contributed by atoms with Crippen molar-refractivity contribution in [2.45, 2.75) is 38.0 Å². The Labute approximate surface area is 160 Å². The topological polar surface area (TPSA) is 46.2 Å². The van der Waals surface area contributed by atoms with Gasteiger partial charge in [0.1, 0.15) is 0 Å². The predicted molar refractivity (Wildman–Crippen MR) is 104 cm³/mol. The van der Waals surface area contributed by atoms with Crippen LogP contribution in [-0.4, -0.2) is 15.0 Å². The molecule has 2 atom stereocenters. The summed E-state index contributed by atoms with van der Waals surface area (Å²) in [4.78, 5) is 0.129. The Kier molecular flexibility index (Phi) is 7.27. The molecule has 2 aromatic carbocycles. The Hall–Kier alpha value is -2.05. The minimum atomic E-state index is -3.73. The third kappa shape index (κ3) is 5.97. The predicted octanol–water partition coefficient (Wildman–Crippen LogP) is 5.25. The lowest BCUT2D eigenvalue weighted by atomic mass is 9.89. The van der Waals surface area contributed by atoms with E-state index < -0.39 is 22.0 Å². The van der Waals surface area contributed by atoms with Crippen LogP contribution in [0.2, 0.25) is 0 Å². The Morgan fingerprint density at radius 2 is 1.59 bits per heavy atom. The van der Waals surface area contributed by atoms with E-state index >= 15 is 0 Å². The number of hydrogen-bond donors (Lipinski definition) is 1. The first kappa shape index (κ1) is 21.3. The third-order valence-corrected chi connectivity index (χ3v) is 6.08. The summed E-state index contributed by atoms with van der Waals surface area (Å²) < 4.78 is 54.2. The average Bonchev–Trinajstić information content (AvgIpc) is 2.65. The molecule has 0 aromatic heterocycles. The number of rotatable bonds is 8. The summed E-state index contributed by atoms with van der Waals surface area (Å²) >= 11 is 0. The standard InChI is InChI=1S/C21H25F2NO2S/c1-15-9-11-19(12-10-15)27(25,26)24-14-17(3)20(21(22)23)13-16(2)18-7-5-4-6-8-18/h4-12,16-17,24H,13-14H2,1-3H3. The van der Waals surface area contributed by atoms with Crippen molar-refractivity contribution in [2.75, 3.05) is 6.54 Å². The van der Waals surface area contributed by atoms with E-state index in [-0.39, 0.29) is 29.4 Å². The Morgan fingerprint density at radius 3 is 2.15 bits per heavy atom. The Bertz CT molecular complexity index is 874. The van der Waals surface area contributed by atoms with E-state index in [1.54, 1.807) is 19.1 Å². The average molecular weight is 393 g/mol. The van der Waals surface area contributed by atoms with Crippen LogP contribution in [0.4, 0.5) is 8.78 Å². The van der Waals surface area contributed by atoms with Crippen molar-refractivity contribution in [3.05, 3.63) is 77.4 Å². The van der Waals surface area contributed by atoms with Gasteiger partial charge in [0.25, 0.3) is 6.08 Å². The maximum Gasteiger partial charge on any atom is 0.269 e. The molecule has 0 aliphatic heterocycles. The van der Waals surface area contributed by atoms with E-state index in [2.05, 4.69) is 4.72 Å². The summed E-state index contributed by atoms with van der Waals surface area (Å²) in [5.74, 6) is -0.694. The van der Waals surface area contributed by atoms with Crippen molar-refractivity contribution in [3.8, 4) is 0 Å². The van der Waals surface area contributed by atoms with Crippen LogP contribution < -0.4 is 4.72 Å². The summed E-state index contributed by atoms with van der Waals surface area (Å²) in [6.45, 7) is 5.29. The van der Waals surface area contributed by atoms with Crippen LogP contribution in [0.1, 0.15) is 37.3 Å². The highest BCUT2D eigenvalue weighted by molar-refractivity contribution is 7.89. The van der Waals surface area contributed by atoms with Crippen LogP contribution in [-0.2, 0) is 10.0 Å². The number of aryl methyl sites for hydroxylation is 1. The van der Waals surface area contributed by atoms with E-state index in [0.29, 0.717) is 0 Å². The van der Waals surface area contributed by atoms with Gasteiger partial charge in [-0.1, -0.05) is 61.9 Å². The molecular weight excluding hydrogens is 368 g/mol. The van der Waals surface area contributed by atoms with Crippen molar-refractivity contribution < 1.29 is 17.2 Å². The second-order valence-corrected chi connectivity index (χ2v) is 8.63. The first-order valence-corrected chi connectivity index (χ1v) is 10.3. The van der Waals surface area contributed by atoms with Crippen LogP contribution in [0.25, 0.3) is 0 Å². The highest BCUT2D eigenvalue weighted by atomic mass is 32.2. The van der Waals surface area contributed by atoms with Gasteiger partial charge >= 0.3 is 0 Å². The molecule has 0 amide bonds. The van der Waals surface area contributed by atoms with Gasteiger partial charge in [-0.3, -0.25) is 0 Å². The summed E-state index contributed by atoms with van der Waals surface area (Å²) in [6, 6.07) is 15.9. The second-order valence-electron chi connectivity index (χ2n) is 6.87. The summed E-state index contributed by atoms with van der Waals surface area (Å²) in [7, 11) is -3.73. The minimum absolute atomic E-state index is 0.0158. The fraction of sp³-hybridized carbons (Fsp3) is 0.333. The highest BCUT2D eigenvalue weighted by Crippen LogP contribution is 2.30. The molecule has 6 heteroatoms. The van der Waals surface area contributed by atoms with Gasteiger partial charge in [0.2, 0.25) is 10.0 Å².